The summed E-state index contributed by atoms with van der Waals surface area (Å²) in [5, 5.41) is 5.57. The summed E-state index contributed by atoms with van der Waals surface area (Å²) in [5.41, 5.74) is 2.18. The van der Waals surface area contributed by atoms with Crippen molar-refractivity contribution >= 4 is 17.5 Å². The smallest absolute Gasteiger partial charge is 0.309 e. The van der Waals surface area contributed by atoms with E-state index in [2.05, 4.69) is 42.5 Å². The number of nitrogens with zero attached hydrogens (tertiary/aromatic N) is 4. The van der Waals surface area contributed by atoms with Crippen molar-refractivity contribution in [2.45, 2.75) is 6.04 Å². The summed E-state index contributed by atoms with van der Waals surface area (Å²) in [4.78, 5) is 36.0. The number of pyridine rings is 1. The first-order valence-corrected chi connectivity index (χ1v) is 12.5. The van der Waals surface area contributed by atoms with Crippen LogP contribution in [0.25, 0.3) is 0 Å². The standard InChI is InChI=1S/C26H36N6O4/c1-35-23-6-4-22(5-7-23)31-11-13-32(14-12-31)24(21-3-2-8-27-19-21)20-29-26(34)25(33)28-9-10-30-15-17-36-18-16-30/h2-8,19,24H,9-18,20H2,1H3,(H,28,33)(H,29,34)/t24-/m1/s1. The van der Waals surface area contributed by atoms with Gasteiger partial charge in [0.05, 0.1) is 26.4 Å². The molecule has 2 fully saturated rings. The van der Waals surface area contributed by atoms with Crippen LogP contribution in [0.2, 0.25) is 0 Å². The molecule has 0 radical (unpaired) electrons. The van der Waals surface area contributed by atoms with Gasteiger partial charge in [-0.25, -0.2) is 0 Å². The number of hydrogen-bond donors (Lipinski definition) is 2. The maximum Gasteiger partial charge on any atom is 0.309 e. The van der Waals surface area contributed by atoms with Gasteiger partial charge in [-0.05, 0) is 35.9 Å². The van der Waals surface area contributed by atoms with Gasteiger partial charge in [0, 0.05) is 77.0 Å². The van der Waals surface area contributed by atoms with Crippen LogP contribution in [0.4, 0.5) is 5.69 Å². The Morgan fingerprint density at radius 3 is 2.39 bits per heavy atom. The lowest BCUT2D eigenvalue weighted by atomic mass is 10.1. The zero-order chi connectivity index (χ0) is 25.2. The summed E-state index contributed by atoms with van der Waals surface area (Å²) in [5.74, 6) is -0.366. The summed E-state index contributed by atoms with van der Waals surface area (Å²) in [7, 11) is 1.67. The fraction of sp³-hybridized carbons (Fsp3) is 0.500. The quantitative estimate of drug-likeness (QED) is 0.485. The lowest BCUT2D eigenvalue weighted by molar-refractivity contribution is -0.139. The Bertz CT molecular complexity index is 960. The number of amides is 2. The van der Waals surface area contributed by atoms with Gasteiger partial charge in [-0.15, -0.1) is 0 Å². The van der Waals surface area contributed by atoms with E-state index in [9.17, 15) is 9.59 Å². The van der Waals surface area contributed by atoms with Crippen molar-refractivity contribution < 1.29 is 19.1 Å². The van der Waals surface area contributed by atoms with E-state index in [0.29, 0.717) is 32.8 Å². The van der Waals surface area contributed by atoms with Crippen LogP contribution in [-0.2, 0) is 14.3 Å². The van der Waals surface area contributed by atoms with Crippen molar-refractivity contribution in [2.75, 3.05) is 84.1 Å². The number of hydrogen-bond acceptors (Lipinski definition) is 8. The highest BCUT2D eigenvalue weighted by atomic mass is 16.5. The number of aromatic nitrogens is 1. The van der Waals surface area contributed by atoms with Crippen LogP contribution in [0.3, 0.4) is 0 Å². The first kappa shape index (κ1) is 25.9. The molecular weight excluding hydrogens is 460 g/mol. The maximum absolute atomic E-state index is 12.5. The molecule has 2 aliphatic heterocycles. The van der Waals surface area contributed by atoms with Gasteiger partial charge in [0.1, 0.15) is 5.75 Å². The third kappa shape index (κ3) is 7.16. The highest BCUT2D eigenvalue weighted by Gasteiger charge is 2.27. The average molecular weight is 497 g/mol. The van der Waals surface area contributed by atoms with Crippen molar-refractivity contribution in [1.29, 1.82) is 0 Å². The van der Waals surface area contributed by atoms with Gasteiger partial charge >= 0.3 is 11.8 Å². The summed E-state index contributed by atoms with van der Waals surface area (Å²) in [6.07, 6.45) is 3.57. The first-order valence-electron chi connectivity index (χ1n) is 12.5. The Hall–Kier alpha value is -3.21. The summed E-state index contributed by atoms with van der Waals surface area (Å²) < 4.78 is 10.6. The Morgan fingerprint density at radius 1 is 1.00 bits per heavy atom. The first-order chi connectivity index (χ1) is 17.6. The van der Waals surface area contributed by atoms with Crippen LogP contribution in [0.5, 0.6) is 5.75 Å². The van der Waals surface area contributed by atoms with E-state index < -0.39 is 11.8 Å². The molecule has 0 spiro atoms. The molecule has 0 saturated carbocycles. The van der Waals surface area contributed by atoms with Crippen molar-refractivity contribution in [3.05, 3.63) is 54.4 Å². The molecular formula is C26H36N6O4. The molecule has 4 rings (SSSR count). The minimum atomic E-state index is -0.609. The Morgan fingerprint density at radius 2 is 1.72 bits per heavy atom. The van der Waals surface area contributed by atoms with E-state index in [-0.39, 0.29) is 6.04 Å². The summed E-state index contributed by atoms with van der Waals surface area (Å²) >= 11 is 0. The molecule has 2 aliphatic rings. The van der Waals surface area contributed by atoms with Gasteiger partial charge in [-0.3, -0.25) is 24.4 Å². The highest BCUT2D eigenvalue weighted by Crippen LogP contribution is 2.25. The third-order valence-corrected chi connectivity index (χ3v) is 6.74. The largest absolute Gasteiger partial charge is 0.497 e. The van der Waals surface area contributed by atoms with Crippen LogP contribution in [-0.4, -0.2) is 106 Å². The topological polar surface area (TPSA) is 99.3 Å². The molecule has 3 heterocycles. The second-order valence-corrected chi connectivity index (χ2v) is 8.94. The molecule has 2 amide bonds. The van der Waals surface area contributed by atoms with E-state index in [4.69, 9.17) is 9.47 Å². The maximum atomic E-state index is 12.5. The second-order valence-electron chi connectivity index (χ2n) is 8.94. The minimum Gasteiger partial charge on any atom is -0.497 e. The molecule has 1 aromatic heterocycles. The highest BCUT2D eigenvalue weighted by molar-refractivity contribution is 6.35. The van der Waals surface area contributed by atoms with Gasteiger partial charge in [-0.2, -0.15) is 0 Å². The van der Waals surface area contributed by atoms with Gasteiger partial charge in [-0.1, -0.05) is 6.07 Å². The van der Waals surface area contributed by atoms with Crippen LogP contribution in [0.15, 0.2) is 48.8 Å². The van der Waals surface area contributed by atoms with Gasteiger partial charge in [0.15, 0.2) is 0 Å². The fourth-order valence-corrected chi connectivity index (χ4v) is 4.62. The van der Waals surface area contributed by atoms with E-state index in [1.807, 2.05) is 30.5 Å². The van der Waals surface area contributed by atoms with E-state index in [1.54, 1.807) is 13.3 Å². The summed E-state index contributed by atoms with van der Waals surface area (Å²) in [6.45, 7) is 7.96. The normalized spacial score (nSPS) is 17.9. The fourth-order valence-electron chi connectivity index (χ4n) is 4.62. The van der Waals surface area contributed by atoms with Crippen molar-refractivity contribution in [2.24, 2.45) is 0 Å². The van der Waals surface area contributed by atoms with Crippen molar-refractivity contribution in [3.8, 4) is 5.75 Å². The molecule has 36 heavy (non-hydrogen) atoms. The molecule has 10 nitrogen and oxygen atoms in total. The zero-order valence-corrected chi connectivity index (χ0v) is 20.9. The number of methoxy groups -OCH3 is 1. The van der Waals surface area contributed by atoms with E-state index >= 15 is 0 Å². The number of ether oxygens (including phenoxy) is 2. The predicted octanol–water partition coefficient (Wildman–Crippen LogP) is 0.518. The number of carbonyl (C=O) groups excluding carboxylic acids is 2. The molecule has 0 bridgehead atoms. The zero-order valence-electron chi connectivity index (χ0n) is 20.9. The van der Waals surface area contributed by atoms with Crippen molar-refractivity contribution in [1.82, 2.24) is 25.4 Å². The average Bonchev–Trinajstić information content (AvgIpc) is 2.94. The van der Waals surface area contributed by atoms with E-state index in [1.165, 1.54) is 0 Å². The molecule has 2 N–H and O–H groups in total. The monoisotopic (exact) mass is 496 g/mol. The number of rotatable bonds is 9. The predicted molar refractivity (Wildman–Crippen MR) is 137 cm³/mol. The second kappa shape index (κ2) is 13.2. The molecule has 2 saturated heterocycles. The number of piperazine rings is 1. The molecule has 2 aromatic rings. The third-order valence-electron chi connectivity index (χ3n) is 6.74. The number of nitrogens with one attached hydrogen (secondary N) is 2. The minimum absolute atomic E-state index is 0.0678. The van der Waals surface area contributed by atoms with Crippen LogP contribution in [0.1, 0.15) is 11.6 Å². The molecule has 194 valence electrons. The van der Waals surface area contributed by atoms with Crippen molar-refractivity contribution in [3.63, 3.8) is 0 Å². The van der Waals surface area contributed by atoms with Crippen LogP contribution >= 0.6 is 0 Å². The Balaban J connectivity index is 1.29. The van der Waals surface area contributed by atoms with Gasteiger partial charge in [0.2, 0.25) is 0 Å². The number of benzene rings is 1. The molecule has 1 atom stereocenters. The Labute approximate surface area is 212 Å². The number of anilines is 1. The van der Waals surface area contributed by atoms with Gasteiger partial charge in [0.25, 0.3) is 0 Å². The Kier molecular flexibility index (Phi) is 9.48. The number of morpholine rings is 1. The van der Waals surface area contributed by atoms with Crippen LogP contribution < -0.4 is 20.3 Å². The SMILES string of the molecule is COc1ccc(N2CCN([C@H](CNC(=O)C(=O)NCCN3CCOCC3)c3cccnc3)CC2)cc1. The molecule has 1 aromatic carbocycles. The molecule has 0 aliphatic carbocycles. The molecule has 10 heteroatoms. The van der Waals surface area contributed by atoms with Crippen LogP contribution in [0, 0.1) is 0 Å². The number of carbonyl (C=O) groups is 2. The van der Waals surface area contributed by atoms with E-state index in [0.717, 1.165) is 56.3 Å². The lowest BCUT2D eigenvalue weighted by Gasteiger charge is -2.40. The van der Waals surface area contributed by atoms with Gasteiger partial charge < -0.3 is 25.0 Å². The lowest BCUT2D eigenvalue weighted by Crippen LogP contribution is -2.51. The summed E-state index contributed by atoms with van der Waals surface area (Å²) in [6, 6.07) is 11.9. The molecule has 0 unspecified atom stereocenters.